The molecule has 7 heteroatoms. The molecule has 0 aromatic heterocycles. The van der Waals surface area contributed by atoms with Crippen molar-refractivity contribution >= 4 is 33.6 Å². The van der Waals surface area contributed by atoms with Gasteiger partial charge in [0.25, 0.3) is 0 Å². The highest BCUT2D eigenvalue weighted by Crippen LogP contribution is 2.47. The number of methoxy groups -OCH3 is 1. The number of carbonyl (C=O) groups is 1. The quantitative estimate of drug-likeness (QED) is 0.623. The molecule has 6 nitrogen and oxygen atoms in total. The third-order valence-electron chi connectivity index (χ3n) is 5.76. The highest BCUT2D eigenvalue weighted by molar-refractivity contribution is 9.10. The lowest BCUT2D eigenvalue weighted by Crippen LogP contribution is -2.39. The molecule has 1 heterocycles. The van der Waals surface area contributed by atoms with E-state index < -0.39 is 17.4 Å². The molecule has 164 valence electrons. The standard InChI is InChI=1S/C23H32BrN3O3/c1-14-7-10-17(24)13-19(14)23(16-8-11-18(29-6)12-9-16)26-15(2)20(27-23)25-21(28)30-22(3,4)5/h7,10,13,16,18H,8-9,11-12H2,1-6H3,(H,25,27,28). The fourth-order valence-electron chi connectivity index (χ4n) is 4.32. The van der Waals surface area contributed by atoms with Crippen molar-refractivity contribution in [2.24, 2.45) is 15.9 Å². The van der Waals surface area contributed by atoms with Gasteiger partial charge in [0, 0.05) is 23.1 Å². The number of benzene rings is 1. The first kappa shape index (κ1) is 22.9. The number of alkyl carbamates (subject to hydrolysis) is 1. The number of hydrogen-bond acceptors (Lipinski definition) is 5. The van der Waals surface area contributed by atoms with E-state index in [4.69, 9.17) is 19.5 Å². The second-order valence-electron chi connectivity index (χ2n) is 9.18. The van der Waals surface area contributed by atoms with Crippen molar-refractivity contribution in [2.45, 2.75) is 77.7 Å². The van der Waals surface area contributed by atoms with Gasteiger partial charge in [-0.05, 0) is 78.0 Å². The Kier molecular flexibility index (Phi) is 6.72. The normalized spacial score (nSPS) is 26.8. The summed E-state index contributed by atoms with van der Waals surface area (Å²) in [6, 6.07) is 6.22. The molecule has 30 heavy (non-hydrogen) atoms. The van der Waals surface area contributed by atoms with Gasteiger partial charge < -0.3 is 9.47 Å². The number of ether oxygens (including phenoxy) is 2. The molecule has 1 aliphatic heterocycles. The fourth-order valence-corrected chi connectivity index (χ4v) is 4.68. The molecule has 1 saturated carbocycles. The van der Waals surface area contributed by atoms with Crippen LogP contribution in [-0.2, 0) is 15.1 Å². The van der Waals surface area contributed by atoms with E-state index >= 15 is 0 Å². The van der Waals surface area contributed by atoms with Crippen LogP contribution in [0.25, 0.3) is 0 Å². The predicted molar refractivity (Wildman–Crippen MR) is 123 cm³/mol. The lowest BCUT2D eigenvalue weighted by molar-refractivity contribution is 0.0425. The molecule has 1 N–H and O–H groups in total. The summed E-state index contributed by atoms with van der Waals surface area (Å²) in [4.78, 5) is 22.5. The summed E-state index contributed by atoms with van der Waals surface area (Å²) in [6.07, 6.45) is 3.66. The van der Waals surface area contributed by atoms with Gasteiger partial charge in [0.15, 0.2) is 11.5 Å². The highest BCUT2D eigenvalue weighted by atomic mass is 79.9. The molecule has 0 bridgehead atoms. The van der Waals surface area contributed by atoms with Gasteiger partial charge in [-0.25, -0.2) is 9.79 Å². The number of nitrogens with zero attached hydrogens (tertiary/aromatic N) is 2. The molecule has 0 saturated heterocycles. The minimum absolute atomic E-state index is 0.227. The summed E-state index contributed by atoms with van der Waals surface area (Å²) in [5, 5.41) is 2.82. The maximum Gasteiger partial charge on any atom is 0.413 e. The SMILES string of the molecule is COC1CCC(C2(c3cc(Br)ccc3C)N=C(C)C(NC(=O)OC(C)(C)C)=N2)CC1. The molecule has 2 aliphatic rings. The minimum Gasteiger partial charge on any atom is -0.444 e. The summed E-state index contributed by atoms with van der Waals surface area (Å²) in [7, 11) is 1.78. The molecular weight excluding hydrogens is 446 g/mol. The molecule has 1 amide bonds. The number of aryl methyl sites for hydroxylation is 1. The van der Waals surface area contributed by atoms with Crippen molar-refractivity contribution in [3.8, 4) is 0 Å². The fraction of sp³-hybridized carbons (Fsp3) is 0.609. The number of aliphatic imine (C=N–C) groups is 2. The Morgan fingerprint density at radius 3 is 2.43 bits per heavy atom. The summed E-state index contributed by atoms with van der Waals surface area (Å²) in [5.41, 5.74) is 1.59. The van der Waals surface area contributed by atoms with Gasteiger partial charge in [0.2, 0.25) is 0 Å². The monoisotopic (exact) mass is 477 g/mol. The van der Waals surface area contributed by atoms with Crippen LogP contribution in [0.4, 0.5) is 4.79 Å². The molecule has 1 fully saturated rings. The second-order valence-corrected chi connectivity index (χ2v) is 10.1. The highest BCUT2D eigenvalue weighted by Gasteiger charge is 2.46. The third kappa shape index (κ3) is 4.94. The van der Waals surface area contributed by atoms with E-state index in [0.29, 0.717) is 11.5 Å². The topological polar surface area (TPSA) is 72.3 Å². The molecule has 0 radical (unpaired) electrons. The summed E-state index contributed by atoms with van der Waals surface area (Å²) < 4.78 is 12.0. The van der Waals surface area contributed by atoms with E-state index in [-0.39, 0.29) is 12.0 Å². The lowest BCUT2D eigenvalue weighted by atomic mass is 9.75. The van der Waals surface area contributed by atoms with Crippen LogP contribution in [0.3, 0.4) is 0 Å². The summed E-state index contributed by atoms with van der Waals surface area (Å²) in [6.45, 7) is 9.50. The molecule has 0 spiro atoms. The van der Waals surface area contributed by atoms with E-state index in [1.807, 2.05) is 33.8 Å². The zero-order valence-electron chi connectivity index (χ0n) is 18.7. The number of hydrogen-bond donors (Lipinski definition) is 1. The first-order valence-corrected chi connectivity index (χ1v) is 11.3. The molecule has 3 rings (SSSR count). The van der Waals surface area contributed by atoms with Crippen LogP contribution in [0.5, 0.6) is 0 Å². The molecule has 1 atom stereocenters. The maximum absolute atomic E-state index is 12.4. The molecule has 1 unspecified atom stereocenters. The molecule has 1 aromatic rings. The van der Waals surface area contributed by atoms with Gasteiger partial charge in [-0.15, -0.1) is 0 Å². The van der Waals surface area contributed by atoms with Crippen LogP contribution in [0.15, 0.2) is 32.7 Å². The van der Waals surface area contributed by atoms with Crippen LogP contribution in [0.2, 0.25) is 0 Å². The van der Waals surface area contributed by atoms with Crippen molar-refractivity contribution < 1.29 is 14.3 Å². The number of halogens is 1. The van der Waals surface area contributed by atoms with Gasteiger partial charge in [0.1, 0.15) is 5.60 Å². The maximum atomic E-state index is 12.4. The molecule has 1 aromatic carbocycles. The van der Waals surface area contributed by atoms with E-state index in [9.17, 15) is 4.79 Å². The van der Waals surface area contributed by atoms with Crippen molar-refractivity contribution in [3.05, 3.63) is 33.8 Å². The number of nitrogens with one attached hydrogen (secondary N) is 1. The Bertz CT molecular complexity index is 867. The van der Waals surface area contributed by atoms with Crippen LogP contribution < -0.4 is 5.32 Å². The molecule has 1 aliphatic carbocycles. The minimum atomic E-state index is -0.749. The van der Waals surface area contributed by atoms with E-state index in [1.54, 1.807) is 7.11 Å². The average Bonchev–Trinajstić information content (AvgIpc) is 2.99. The molecular formula is C23H32BrN3O3. The first-order valence-electron chi connectivity index (χ1n) is 10.5. The second kappa shape index (κ2) is 8.79. The van der Waals surface area contributed by atoms with Crippen molar-refractivity contribution in [2.75, 3.05) is 7.11 Å². The zero-order valence-corrected chi connectivity index (χ0v) is 20.3. The number of rotatable bonds is 3. The Balaban J connectivity index is 2.00. The smallest absolute Gasteiger partial charge is 0.413 e. The average molecular weight is 478 g/mol. The van der Waals surface area contributed by atoms with Crippen molar-refractivity contribution in [1.82, 2.24) is 5.32 Å². The largest absolute Gasteiger partial charge is 0.444 e. The lowest BCUT2D eigenvalue weighted by Gasteiger charge is -2.38. The Labute approximate surface area is 187 Å². The Morgan fingerprint density at radius 1 is 1.17 bits per heavy atom. The van der Waals surface area contributed by atoms with Crippen LogP contribution >= 0.6 is 15.9 Å². The Morgan fingerprint density at radius 2 is 1.83 bits per heavy atom. The number of amides is 1. The van der Waals surface area contributed by atoms with Crippen LogP contribution in [0.1, 0.15) is 64.5 Å². The Hall–Kier alpha value is -1.73. The van der Waals surface area contributed by atoms with Gasteiger partial charge in [-0.1, -0.05) is 22.0 Å². The zero-order chi connectivity index (χ0) is 22.1. The van der Waals surface area contributed by atoms with E-state index in [1.165, 1.54) is 0 Å². The van der Waals surface area contributed by atoms with Gasteiger partial charge in [0.05, 0.1) is 11.8 Å². The van der Waals surface area contributed by atoms with Crippen molar-refractivity contribution in [1.29, 1.82) is 0 Å². The summed E-state index contributed by atoms with van der Waals surface area (Å²) in [5.74, 6) is 0.710. The third-order valence-corrected chi connectivity index (χ3v) is 6.25. The van der Waals surface area contributed by atoms with Crippen molar-refractivity contribution in [3.63, 3.8) is 0 Å². The van der Waals surface area contributed by atoms with E-state index in [0.717, 1.165) is 41.3 Å². The van der Waals surface area contributed by atoms with Gasteiger partial charge in [-0.2, -0.15) is 0 Å². The van der Waals surface area contributed by atoms with E-state index in [2.05, 4.69) is 40.3 Å². The number of carbonyl (C=O) groups excluding carboxylic acids is 1. The first-order chi connectivity index (χ1) is 14.0. The van der Waals surface area contributed by atoms with Gasteiger partial charge in [-0.3, -0.25) is 10.3 Å². The van der Waals surface area contributed by atoms with Crippen LogP contribution in [0, 0.1) is 12.8 Å². The predicted octanol–water partition coefficient (Wildman–Crippen LogP) is 5.51. The van der Waals surface area contributed by atoms with Gasteiger partial charge >= 0.3 is 6.09 Å². The summed E-state index contributed by atoms with van der Waals surface area (Å²) >= 11 is 3.61. The number of amidine groups is 1. The van der Waals surface area contributed by atoms with Crippen LogP contribution in [-0.4, -0.2) is 36.5 Å².